The Morgan fingerprint density at radius 2 is 2.07 bits per heavy atom. The first-order chi connectivity index (χ1) is 13.3. The van der Waals surface area contributed by atoms with Gasteiger partial charge < -0.3 is 19.7 Å². The molecule has 146 valence electrons. The number of rotatable bonds is 4. The number of hydrogen-bond donors (Lipinski definition) is 2. The number of aryl methyl sites for hydroxylation is 1. The number of fused-ring (bicyclic) bond motifs is 3. The van der Waals surface area contributed by atoms with Gasteiger partial charge in [-0.15, -0.1) is 0 Å². The number of aromatic nitrogens is 2. The summed E-state index contributed by atoms with van der Waals surface area (Å²) in [7, 11) is 2.13. The number of nitrogens with zero attached hydrogens (tertiary/aromatic N) is 3. The van der Waals surface area contributed by atoms with Crippen LogP contribution in [0.3, 0.4) is 0 Å². The third-order valence-corrected chi connectivity index (χ3v) is 5.67. The summed E-state index contributed by atoms with van der Waals surface area (Å²) in [6.07, 6.45) is 3.76. The smallest absolute Gasteiger partial charge is 0.337 e. The zero-order chi connectivity index (χ0) is 20.1. The van der Waals surface area contributed by atoms with Crippen molar-refractivity contribution in [3.63, 3.8) is 0 Å². The first kappa shape index (κ1) is 18.7. The number of carboxylic acid groups (broad SMARTS) is 1. The van der Waals surface area contributed by atoms with E-state index in [-0.39, 0.29) is 5.56 Å². The molecule has 6 heteroatoms. The van der Waals surface area contributed by atoms with E-state index in [9.17, 15) is 15.0 Å². The molecule has 0 fully saturated rings. The SMILES string of the molecule is Cc1ccc2c(c1)c1c(n2CC(C)(O)c2cncc(C(=O)O)c2)CCN(C)C1. The van der Waals surface area contributed by atoms with Crippen molar-refractivity contribution >= 4 is 16.9 Å². The summed E-state index contributed by atoms with van der Waals surface area (Å²) in [6.45, 7) is 6.02. The van der Waals surface area contributed by atoms with Gasteiger partial charge in [0, 0.05) is 54.1 Å². The lowest BCUT2D eigenvalue weighted by Crippen LogP contribution is -2.32. The molecule has 0 radical (unpaired) electrons. The highest BCUT2D eigenvalue weighted by Gasteiger charge is 2.30. The fraction of sp³-hybridized carbons (Fsp3) is 0.364. The molecule has 6 nitrogen and oxygen atoms in total. The van der Waals surface area contributed by atoms with Gasteiger partial charge in [-0.1, -0.05) is 11.6 Å². The van der Waals surface area contributed by atoms with Crippen molar-refractivity contribution in [3.8, 4) is 0 Å². The largest absolute Gasteiger partial charge is 0.478 e. The Hall–Kier alpha value is -2.70. The maximum absolute atomic E-state index is 11.3. The van der Waals surface area contributed by atoms with Crippen LogP contribution < -0.4 is 0 Å². The minimum Gasteiger partial charge on any atom is -0.478 e. The van der Waals surface area contributed by atoms with E-state index in [0.717, 1.165) is 25.0 Å². The van der Waals surface area contributed by atoms with Crippen LogP contribution in [-0.2, 0) is 25.1 Å². The molecule has 1 aliphatic rings. The number of hydrogen-bond acceptors (Lipinski definition) is 4. The van der Waals surface area contributed by atoms with Gasteiger partial charge in [-0.3, -0.25) is 4.98 Å². The Kier molecular flexibility index (Phi) is 4.48. The van der Waals surface area contributed by atoms with Crippen molar-refractivity contribution in [1.82, 2.24) is 14.5 Å². The van der Waals surface area contributed by atoms with E-state index in [1.54, 1.807) is 13.1 Å². The van der Waals surface area contributed by atoms with E-state index in [1.165, 1.54) is 34.5 Å². The topological polar surface area (TPSA) is 78.6 Å². The Morgan fingerprint density at radius 3 is 2.82 bits per heavy atom. The lowest BCUT2D eigenvalue weighted by atomic mass is 9.96. The van der Waals surface area contributed by atoms with E-state index in [2.05, 4.69) is 46.6 Å². The van der Waals surface area contributed by atoms with Crippen LogP contribution in [0.4, 0.5) is 0 Å². The molecule has 0 amide bonds. The van der Waals surface area contributed by atoms with Crippen LogP contribution >= 0.6 is 0 Å². The number of carboxylic acids is 1. The highest BCUT2D eigenvalue weighted by Crippen LogP contribution is 2.34. The summed E-state index contributed by atoms with van der Waals surface area (Å²) in [5.74, 6) is -1.05. The predicted molar refractivity (Wildman–Crippen MR) is 107 cm³/mol. The molecule has 28 heavy (non-hydrogen) atoms. The van der Waals surface area contributed by atoms with Crippen molar-refractivity contribution in [2.75, 3.05) is 13.6 Å². The average Bonchev–Trinajstić information content (AvgIpc) is 2.94. The minimum atomic E-state index is -1.24. The lowest BCUT2D eigenvalue weighted by Gasteiger charge is -2.28. The fourth-order valence-electron chi connectivity index (χ4n) is 4.13. The van der Waals surface area contributed by atoms with E-state index in [1.807, 2.05) is 0 Å². The van der Waals surface area contributed by atoms with Crippen LogP contribution in [0.1, 0.15) is 39.7 Å². The summed E-state index contributed by atoms with van der Waals surface area (Å²) >= 11 is 0. The summed E-state index contributed by atoms with van der Waals surface area (Å²) in [6, 6.07) is 7.93. The molecule has 0 bridgehead atoms. The van der Waals surface area contributed by atoms with Gasteiger partial charge in [0.1, 0.15) is 5.60 Å². The zero-order valence-corrected chi connectivity index (χ0v) is 16.4. The highest BCUT2D eigenvalue weighted by molar-refractivity contribution is 5.87. The van der Waals surface area contributed by atoms with Gasteiger partial charge >= 0.3 is 5.97 Å². The monoisotopic (exact) mass is 379 g/mol. The first-order valence-corrected chi connectivity index (χ1v) is 9.46. The number of carbonyl (C=O) groups is 1. The molecule has 0 spiro atoms. The van der Waals surface area contributed by atoms with E-state index in [0.29, 0.717) is 12.1 Å². The van der Waals surface area contributed by atoms with Crippen LogP contribution in [0.2, 0.25) is 0 Å². The van der Waals surface area contributed by atoms with E-state index in [4.69, 9.17) is 0 Å². The van der Waals surface area contributed by atoms with Crippen LogP contribution in [0.25, 0.3) is 10.9 Å². The van der Waals surface area contributed by atoms with Gasteiger partial charge in [-0.2, -0.15) is 0 Å². The van der Waals surface area contributed by atoms with Crippen LogP contribution in [0.15, 0.2) is 36.7 Å². The molecule has 1 aromatic carbocycles. The maximum atomic E-state index is 11.3. The molecular formula is C22H25N3O3. The molecule has 3 heterocycles. The summed E-state index contributed by atoms with van der Waals surface area (Å²) in [5.41, 5.74) is 4.23. The van der Waals surface area contributed by atoms with E-state index >= 15 is 0 Å². The zero-order valence-electron chi connectivity index (χ0n) is 16.4. The summed E-state index contributed by atoms with van der Waals surface area (Å²) in [4.78, 5) is 17.6. The van der Waals surface area contributed by atoms with Gasteiger partial charge in [0.25, 0.3) is 0 Å². The lowest BCUT2D eigenvalue weighted by molar-refractivity contribution is 0.0380. The van der Waals surface area contributed by atoms with Crippen molar-refractivity contribution < 1.29 is 15.0 Å². The van der Waals surface area contributed by atoms with Crippen molar-refractivity contribution in [2.24, 2.45) is 0 Å². The van der Waals surface area contributed by atoms with Gasteiger partial charge in [-0.05, 0) is 44.7 Å². The van der Waals surface area contributed by atoms with Crippen molar-refractivity contribution in [2.45, 2.75) is 39.0 Å². The number of aliphatic hydroxyl groups is 1. The standard InChI is InChI=1S/C22H25N3O3/c1-14-4-5-19-17(8-14)18-12-24(3)7-6-20(18)25(19)13-22(2,28)16-9-15(21(26)27)10-23-11-16/h4-5,8-11,28H,6-7,12-13H2,1-3H3,(H,26,27). The molecular weight excluding hydrogens is 354 g/mol. The summed E-state index contributed by atoms with van der Waals surface area (Å²) in [5, 5.41) is 21.7. The van der Waals surface area contributed by atoms with Gasteiger partial charge in [0.2, 0.25) is 0 Å². The molecule has 3 aromatic rings. The fourth-order valence-corrected chi connectivity index (χ4v) is 4.13. The Labute approximate surface area is 164 Å². The summed E-state index contributed by atoms with van der Waals surface area (Å²) < 4.78 is 2.20. The third kappa shape index (κ3) is 3.19. The second-order valence-corrected chi connectivity index (χ2v) is 8.06. The van der Waals surface area contributed by atoms with Crippen LogP contribution in [-0.4, -0.2) is 44.2 Å². The Bertz CT molecular complexity index is 1070. The quantitative estimate of drug-likeness (QED) is 0.729. The van der Waals surface area contributed by atoms with Crippen molar-refractivity contribution in [1.29, 1.82) is 0 Å². The molecule has 1 unspecified atom stereocenters. The van der Waals surface area contributed by atoms with Gasteiger partial charge in [-0.25, -0.2) is 4.79 Å². The van der Waals surface area contributed by atoms with Gasteiger partial charge in [0.05, 0.1) is 12.1 Å². The number of aromatic carboxylic acids is 1. The van der Waals surface area contributed by atoms with Crippen LogP contribution in [0.5, 0.6) is 0 Å². The molecule has 0 saturated heterocycles. The van der Waals surface area contributed by atoms with Gasteiger partial charge in [0.15, 0.2) is 0 Å². The second kappa shape index (κ2) is 6.72. The number of pyridine rings is 1. The number of likely N-dealkylation sites (N-methyl/N-ethyl adjacent to an activating group) is 1. The Morgan fingerprint density at radius 1 is 1.29 bits per heavy atom. The molecule has 4 rings (SSSR count). The third-order valence-electron chi connectivity index (χ3n) is 5.67. The minimum absolute atomic E-state index is 0.0782. The molecule has 2 aromatic heterocycles. The normalized spacial score (nSPS) is 16.7. The second-order valence-electron chi connectivity index (χ2n) is 8.06. The molecule has 0 saturated carbocycles. The predicted octanol–water partition coefficient (Wildman–Crippen LogP) is 2.94. The molecule has 1 atom stereocenters. The first-order valence-electron chi connectivity index (χ1n) is 9.46. The Balaban J connectivity index is 1.81. The highest BCUT2D eigenvalue weighted by atomic mass is 16.4. The van der Waals surface area contributed by atoms with Crippen LogP contribution in [0, 0.1) is 6.92 Å². The average molecular weight is 379 g/mol. The number of benzene rings is 1. The molecule has 0 aliphatic carbocycles. The molecule has 2 N–H and O–H groups in total. The van der Waals surface area contributed by atoms with Crippen molar-refractivity contribution in [3.05, 3.63) is 64.6 Å². The van der Waals surface area contributed by atoms with E-state index < -0.39 is 11.6 Å². The molecule has 1 aliphatic heterocycles. The maximum Gasteiger partial charge on any atom is 0.337 e.